The first-order valence-corrected chi connectivity index (χ1v) is 9.78. The number of guanidine groups is 1. The summed E-state index contributed by atoms with van der Waals surface area (Å²) in [6.45, 7) is 4.81. The first-order chi connectivity index (χ1) is 12.2. The van der Waals surface area contributed by atoms with Crippen LogP contribution in [0.15, 0.2) is 35.5 Å². The van der Waals surface area contributed by atoms with Crippen molar-refractivity contribution >= 4 is 34.6 Å². The molecule has 1 aliphatic heterocycles. The third-order valence-electron chi connectivity index (χ3n) is 4.28. The van der Waals surface area contributed by atoms with E-state index < -0.39 is 0 Å². The molecule has 0 radical (unpaired) electrons. The lowest BCUT2D eigenvalue weighted by molar-refractivity contribution is 0.648. The molecule has 134 valence electrons. The fraction of sp³-hybridized carbons (Fsp3) is 0.444. The summed E-state index contributed by atoms with van der Waals surface area (Å²) < 4.78 is 0. The van der Waals surface area contributed by atoms with Gasteiger partial charge >= 0.3 is 0 Å². The van der Waals surface area contributed by atoms with Gasteiger partial charge in [-0.25, -0.2) is 4.98 Å². The van der Waals surface area contributed by atoms with Crippen LogP contribution in [0.25, 0.3) is 0 Å². The van der Waals surface area contributed by atoms with E-state index >= 15 is 0 Å². The Labute approximate surface area is 158 Å². The van der Waals surface area contributed by atoms with Crippen molar-refractivity contribution in [2.24, 2.45) is 4.99 Å². The molecule has 1 unspecified atom stereocenters. The average molecular weight is 378 g/mol. The molecule has 0 amide bonds. The maximum atomic E-state index is 6.10. The molecule has 1 aromatic heterocycles. The van der Waals surface area contributed by atoms with E-state index in [-0.39, 0.29) is 0 Å². The smallest absolute Gasteiger partial charge is 0.191 e. The molecule has 0 aliphatic carbocycles. The van der Waals surface area contributed by atoms with Crippen LogP contribution in [0.2, 0.25) is 5.02 Å². The van der Waals surface area contributed by atoms with Crippen molar-refractivity contribution in [2.75, 3.05) is 25.0 Å². The summed E-state index contributed by atoms with van der Waals surface area (Å²) in [4.78, 5) is 12.4. The Bertz CT molecular complexity index is 730. The highest BCUT2D eigenvalue weighted by Gasteiger charge is 2.23. The molecular weight excluding hydrogens is 354 g/mol. The number of nitrogens with one attached hydrogen (secondary N) is 2. The second-order valence-corrected chi connectivity index (χ2v) is 7.69. The fourth-order valence-electron chi connectivity index (χ4n) is 2.93. The number of hydrogen-bond donors (Lipinski definition) is 2. The first-order valence-electron chi connectivity index (χ1n) is 8.59. The predicted molar refractivity (Wildman–Crippen MR) is 107 cm³/mol. The minimum Gasteiger partial charge on any atom is -0.369 e. The van der Waals surface area contributed by atoms with Crippen molar-refractivity contribution in [1.82, 2.24) is 15.6 Å². The Morgan fingerprint density at radius 3 is 3.08 bits per heavy atom. The minimum absolute atomic E-state index is 0.368. The van der Waals surface area contributed by atoms with Gasteiger partial charge in [-0.1, -0.05) is 24.6 Å². The monoisotopic (exact) mass is 377 g/mol. The molecule has 2 heterocycles. The van der Waals surface area contributed by atoms with Gasteiger partial charge in [-0.05, 0) is 31.0 Å². The SMILES string of the molecule is CCc1cnc(CNC(=NC)NC2CCN(c3cccc(Cl)c3)C2)s1. The van der Waals surface area contributed by atoms with Gasteiger partial charge in [0.2, 0.25) is 0 Å². The van der Waals surface area contributed by atoms with Crippen LogP contribution in [-0.2, 0) is 13.0 Å². The second kappa shape index (κ2) is 8.54. The van der Waals surface area contributed by atoms with E-state index in [1.807, 2.05) is 24.4 Å². The van der Waals surface area contributed by atoms with Gasteiger partial charge < -0.3 is 15.5 Å². The summed E-state index contributed by atoms with van der Waals surface area (Å²) in [6.07, 6.45) is 4.06. The lowest BCUT2D eigenvalue weighted by Crippen LogP contribution is -2.44. The number of hydrogen-bond acceptors (Lipinski definition) is 4. The molecule has 1 saturated heterocycles. The number of nitrogens with zero attached hydrogens (tertiary/aromatic N) is 3. The lowest BCUT2D eigenvalue weighted by atomic mass is 10.3. The van der Waals surface area contributed by atoms with Crippen molar-refractivity contribution in [3.63, 3.8) is 0 Å². The van der Waals surface area contributed by atoms with Crippen LogP contribution in [0.4, 0.5) is 5.69 Å². The molecule has 1 aliphatic rings. The van der Waals surface area contributed by atoms with Gasteiger partial charge in [-0.3, -0.25) is 4.99 Å². The van der Waals surface area contributed by atoms with Gasteiger partial charge in [-0.15, -0.1) is 11.3 Å². The van der Waals surface area contributed by atoms with Crippen LogP contribution in [-0.4, -0.2) is 37.1 Å². The average Bonchev–Trinajstić information content (AvgIpc) is 3.28. The van der Waals surface area contributed by atoms with Gasteiger partial charge in [0, 0.05) is 48.0 Å². The number of aliphatic imine (C=N–C) groups is 1. The van der Waals surface area contributed by atoms with Gasteiger partial charge in [-0.2, -0.15) is 0 Å². The van der Waals surface area contributed by atoms with Crippen molar-refractivity contribution < 1.29 is 0 Å². The van der Waals surface area contributed by atoms with E-state index in [1.165, 1.54) is 10.6 Å². The zero-order valence-electron chi connectivity index (χ0n) is 14.6. The number of aromatic nitrogens is 1. The highest BCUT2D eigenvalue weighted by molar-refractivity contribution is 7.11. The van der Waals surface area contributed by atoms with Crippen molar-refractivity contribution in [3.05, 3.63) is 45.4 Å². The topological polar surface area (TPSA) is 52.6 Å². The Morgan fingerprint density at radius 2 is 2.36 bits per heavy atom. The standard InChI is InChI=1S/C18H24ClN5S/c1-3-16-10-21-17(25-16)11-22-18(20-2)23-14-7-8-24(12-14)15-6-4-5-13(19)9-15/h4-6,9-10,14H,3,7-8,11-12H2,1-2H3,(H2,20,22,23). The minimum atomic E-state index is 0.368. The second-order valence-electron chi connectivity index (χ2n) is 6.06. The highest BCUT2D eigenvalue weighted by Crippen LogP contribution is 2.23. The van der Waals surface area contributed by atoms with Crippen LogP contribution >= 0.6 is 22.9 Å². The van der Waals surface area contributed by atoms with E-state index in [9.17, 15) is 0 Å². The van der Waals surface area contributed by atoms with Crippen LogP contribution in [0.3, 0.4) is 0 Å². The molecule has 1 atom stereocenters. The quantitative estimate of drug-likeness (QED) is 0.620. The highest BCUT2D eigenvalue weighted by atomic mass is 35.5. The molecule has 3 rings (SSSR count). The van der Waals surface area contributed by atoms with Crippen molar-refractivity contribution in [1.29, 1.82) is 0 Å². The van der Waals surface area contributed by atoms with Gasteiger partial charge in [0.25, 0.3) is 0 Å². The lowest BCUT2D eigenvalue weighted by Gasteiger charge is -2.20. The fourth-order valence-corrected chi connectivity index (χ4v) is 3.91. The van der Waals surface area contributed by atoms with E-state index in [1.54, 1.807) is 18.4 Å². The molecule has 7 heteroatoms. The van der Waals surface area contributed by atoms with E-state index in [4.69, 9.17) is 11.6 Å². The number of halogens is 1. The van der Waals surface area contributed by atoms with E-state index in [0.29, 0.717) is 12.6 Å². The van der Waals surface area contributed by atoms with Crippen LogP contribution in [0.5, 0.6) is 0 Å². The summed E-state index contributed by atoms with van der Waals surface area (Å²) in [5.74, 6) is 0.825. The summed E-state index contributed by atoms with van der Waals surface area (Å²) >= 11 is 7.85. The molecule has 1 aromatic carbocycles. The maximum absolute atomic E-state index is 6.10. The molecule has 0 bridgehead atoms. The molecule has 2 aromatic rings. The third kappa shape index (κ3) is 4.86. The maximum Gasteiger partial charge on any atom is 0.191 e. The molecule has 0 saturated carbocycles. The Morgan fingerprint density at radius 1 is 1.48 bits per heavy atom. The molecule has 5 nitrogen and oxygen atoms in total. The Kier molecular flexibility index (Phi) is 6.15. The first kappa shape index (κ1) is 18.0. The summed E-state index contributed by atoms with van der Waals surface area (Å²) in [5, 5.41) is 8.74. The number of rotatable bonds is 5. The number of benzene rings is 1. The third-order valence-corrected chi connectivity index (χ3v) is 5.66. The van der Waals surface area contributed by atoms with E-state index in [2.05, 4.69) is 38.5 Å². The zero-order valence-corrected chi connectivity index (χ0v) is 16.2. The largest absolute Gasteiger partial charge is 0.369 e. The van der Waals surface area contributed by atoms with Crippen molar-refractivity contribution in [3.8, 4) is 0 Å². The number of thiazole rings is 1. The van der Waals surface area contributed by atoms with E-state index in [0.717, 1.165) is 41.9 Å². The molecule has 2 N–H and O–H groups in total. The summed E-state index contributed by atoms with van der Waals surface area (Å²) in [6, 6.07) is 8.40. The van der Waals surface area contributed by atoms with Crippen LogP contribution in [0, 0.1) is 0 Å². The molecule has 1 fully saturated rings. The number of aryl methyl sites for hydroxylation is 1. The van der Waals surface area contributed by atoms with Gasteiger partial charge in [0.15, 0.2) is 5.96 Å². The number of anilines is 1. The predicted octanol–water partition coefficient (Wildman–Crippen LogP) is 3.30. The summed E-state index contributed by atoms with van der Waals surface area (Å²) in [5.41, 5.74) is 1.18. The molecule has 25 heavy (non-hydrogen) atoms. The molecule has 0 spiro atoms. The Hall–Kier alpha value is -1.79. The van der Waals surface area contributed by atoms with Crippen molar-refractivity contribution in [2.45, 2.75) is 32.4 Å². The molecular formula is C18H24ClN5S. The van der Waals surface area contributed by atoms with Gasteiger partial charge in [0.05, 0.1) is 6.54 Å². The summed E-state index contributed by atoms with van der Waals surface area (Å²) in [7, 11) is 1.80. The Balaban J connectivity index is 1.51. The normalized spacial score (nSPS) is 17.8. The van der Waals surface area contributed by atoms with Crippen LogP contribution < -0.4 is 15.5 Å². The zero-order chi connectivity index (χ0) is 17.6. The van der Waals surface area contributed by atoms with Gasteiger partial charge in [0.1, 0.15) is 5.01 Å². The van der Waals surface area contributed by atoms with Crippen LogP contribution in [0.1, 0.15) is 23.2 Å².